The summed E-state index contributed by atoms with van der Waals surface area (Å²) in [6.45, 7) is 0. The highest BCUT2D eigenvalue weighted by Gasteiger charge is 2.25. The molecule has 0 amide bonds. The molecule has 0 saturated carbocycles. The van der Waals surface area contributed by atoms with Gasteiger partial charge in [-0.15, -0.1) is 0 Å². The first-order chi connectivity index (χ1) is 7.51. The van der Waals surface area contributed by atoms with E-state index in [-0.39, 0.29) is 11.4 Å². The first-order valence-corrected chi connectivity index (χ1v) is 5.20. The van der Waals surface area contributed by atoms with E-state index < -0.39 is 18.0 Å². The number of methoxy groups -OCH3 is 2. The van der Waals surface area contributed by atoms with Crippen LogP contribution in [0.5, 0.6) is 5.88 Å². The number of pyridine rings is 1. The quantitative estimate of drug-likeness (QED) is 0.481. The van der Waals surface area contributed by atoms with Crippen LogP contribution in [0.2, 0.25) is 0 Å². The molecule has 1 rings (SSSR count). The Morgan fingerprint density at radius 2 is 2.12 bits per heavy atom. The van der Waals surface area contributed by atoms with E-state index >= 15 is 0 Å². The van der Waals surface area contributed by atoms with Gasteiger partial charge in [-0.05, 0) is 28.7 Å². The Hall–Kier alpha value is -0.990. The SMILES string of the molecule is COC(=O)c1cc(I)nc(OC)c1C(F)F. The summed E-state index contributed by atoms with van der Waals surface area (Å²) in [5.41, 5.74) is -0.775. The van der Waals surface area contributed by atoms with Crippen LogP contribution in [-0.2, 0) is 4.74 Å². The van der Waals surface area contributed by atoms with E-state index in [0.717, 1.165) is 7.11 Å². The van der Waals surface area contributed by atoms with Gasteiger partial charge in [0.05, 0.1) is 25.3 Å². The monoisotopic (exact) mass is 343 g/mol. The number of hydrogen-bond donors (Lipinski definition) is 0. The lowest BCUT2D eigenvalue weighted by Crippen LogP contribution is -2.10. The molecule has 0 aliphatic carbocycles. The van der Waals surface area contributed by atoms with Gasteiger partial charge in [0.1, 0.15) is 3.70 Å². The summed E-state index contributed by atoms with van der Waals surface area (Å²) in [7, 11) is 2.34. The lowest BCUT2D eigenvalue weighted by atomic mass is 10.1. The summed E-state index contributed by atoms with van der Waals surface area (Å²) in [6.07, 6.45) is -2.85. The maximum Gasteiger partial charge on any atom is 0.338 e. The molecule has 0 bridgehead atoms. The minimum Gasteiger partial charge on any atom is -0.481 e. The molecule has 0 aromatic carbocycles. The van der Waals surface area contributed by atoms with Crippen LogP contribution in [0.3, 0.4) is 0 Å². The average Bonchev–Trinajstić information content (AvgIpc) is 2.26. The second kappa shape index (κ2) is 5.37. The third-order valence-electron chi connectivity index (χ3n) is 1.81. The van der Waals surface area contributed by atoms with Crippen molar-refractivity contribution in [2.24, 2.45) is 0 Å². The molecule has 7 heteroatoms. The van der Waals surface area contributed by atoms with E-state index in [9.17, 15) is 13.6 Å². The van der Waals surface area contributed by atoms with Gasteiger partial charge in [0.15, 0.2) is 0 Å². The van der Waals surface area contributed by atoms with Gasteiger partial charge in [-0.3, -0.25) is 0 Å². The molecule has 88 valence electrons. The van der Waals surface area contributed by atoms with Gasteiger partial charge in [0.25, 0.3) is 6.43 Å². The Labute approximate surface area is 104 Å². The number of rotatable bonds is 3. The van der Waals surface area contributed by atoms with Crippen molar-refractivity contribution in [1.82, 2.24) is 4.98 Å². The van der Waals surface area contributed by atoms with Gasteiger partial charge in [-0.25, -0.2) is 18.6 Å². The van der Waals surface area contributed by atoms with Gasteiger partial charge in [0, 0.05) is 0 Å². The van der Waals surface area contributed by atoms with E-state index in [2.05, 4.69) is 9.72 Å². The van der Waals surface area contributed by atoms with Crippen LogP contribution in [0.1, 0.15) is 22.3 Å². The summed E-state index contributed by atoms with van der Waals surface area (Å²) < 4.78 is 35.1. The average molecular weight is 343 g/mol. The largest absolute Gasteiger partial charge is 0.481 e. The zero-order valence-electron chi connectivity index (χ0n) is 8.46. The molecule has 0 unspecified atom stereocenters. The van der Waals surface area contributed by atoms with Crippen LogP contribution in [0.4, 0.5) is 8.78 Å². The van der Waals surface area contributed by atoms with Gasteiger partial charge < -0.3 is 9.47 Å². The molecule has 0 spiro atoms. The molecule has 0 fully saturated rings. The minimum atomic E-state index is -2.85. The molecule has 0 N–H and O–H groups in total. The predicted molar refractivity (Wildman–Crippen MR) is 59.8 cm³/mol. The molecule has 0 aliphatic heterocycles. The lowest BCUT2D eigenvalue weighted by Gasteiger charge is -2.11. The van der Waals surface area contributed by atoms with Crippen molar-refractivity contribution in [3.05, 3.63) is 20.9 Å². The fourth-order valence-electron chi connectivity index (χ4n) is 1.15. The highest BCUT2D eigenvalue weighted by Crippen LogP contribution is 2.32. The van der Waals surface area contributed by atoms with Crippen LogP contribution >= 0.6 is 22.6 Å². The van der Waals surface area contributed by atoms with Crippen molar-refractivity contribution >= 4 is 28.6 Å². The minimum absolute atomic E-state index is 0.228. The number of alkyl halides is 2. The first kappa shape index (κ1) is 13.1. The van der Waals surface area contributed by atoms with Crippen molar-refractivity contribution in [3.8, 4) is 5.88 Å². The molecule has 1 aromatic heterocycles. The molecular weight excluding hydrogens is 335 g/mol. The van der Waals surface area contributed by atoms with E-state index in [1.165, 1.54) is 13.2 Å². The highest BCUT2D eigenvalue weighted by molar-refractivity contribution is 14.1. The Morgan fingerprint density at radius 1 is 1.50 bits per heavy atom. The molecule has 0 aliphatic rings. The second-order valence-electron chi connectivity index (χ2n) is 2.71. The summed E-state index contributed by atoms with van der Waals surface area (Å²) in [5, 5.41) is 0. The summed E-state index contributed by atoms with van der Waals surface area (Å²) in [6, 6.07) is 1.23. The van der Waals surface area contributed by atoms with Crippen LogP contribution < -0.4 is 4.74 Å². The Balaban J connectivity index is 3.44. The molecule has 16 heavy (non-hydrogen) atoms. The first-order valence-electron chi connectivity index (χ1n) is 4.12. The van der Waals surface area contributed by atoms with Crippen LogP contribution in [0.25, 0.3) is 0 Å². The van der Waals surface area contributed by atoms with E-state index in [4.69, 9.17) is 4.74 Å². The fourth-order valence-corrected chi connectivity index (χ4v) is 1.68. The Bertz CT molecular complexity index is 412. The number of esters is 1. The molecule has 0 saturated heterocycles. The maximum atomic E-state index is 12.8. The fraction of sp³-hybridized carbons (Fsp3) is 0.333. The zero-order chi connectivity index (χ0) is 12.3. The van der Waals surface area contributed by atoms with Crippen molar-refractivity contribution in [2.45, 2.75) is 6.43 Å². The number of carbonyl (C=O) groups excluding carboxylic acids is 1. The molecule has 4 nitrogen and oxygen atoms in total. The van der Waals surface area contributed by atoms with Crippen molar-refractivity contribution < 1.29 is 23.0 Å². The molecule has 1 aromatic rings. The Morgan fingerprint density at radius 3 is 2.56 bits per heavy atom. The van der Waals surface area contributed by atoms with Gasteiger partial charge >= 0.3 is 5.97 Å². The number of halogens is 3. The highest BCUT2D eigenvalue weighted by atomic mass is 127. The number of aromatic nitrogens is 1. The second-order valence-corrected chi connectivity index (χ2v) is 3.81. The van der Waals surface area contributed by atoms with Crippen LogP contribution in [0, 0.1) is 3.70 Å². The number of carbonyl (C=O) groups is 1. The van der Waals surface area contributed by atoms with E-state index in [1.54, 1.807) is 22.6 Å². The molecule has 0 radical (unpaired) electrons. The van der Waals surface area contributed by atoms with Gasteiger partial charge in [-0.2, -0.15) is 0 Å². The Kier molecular flexibility index (Phi) is 4.39. The van der Waals surface area contributed by atoms with E-state index in [1.807, 2.05) is 0 Å². The van der Waals surface area contributed by atoms with E-state index in [0.29, 0.717) is 3.70 Å². The van der Waals surface area contributed by atoms with Crippen molar-refractivity contribution in [2.75, 3.05) is 14.2 Å². The van der Waals surface area contributed by atoms with Gasteiger partial charge in [0.2, 0.25) is 5.88 Å². The molecule has 1 heterocycles. The number of ether oxygens (including phenoxy) is 2. The topological polar surface area (TPSA) is 48.4 Å². The molecular formula is C9H8F2INO3. The van der Waals surface area contributed by atoms with Gasteiger partial charge in [-0.1, -0.05) is 0 Å². The van der Waals surface area contributed by atoms with Crippen molar-refractivity contribution in [1.29, 1.82) is 0 Å². The number of hydrogen-bond acceptors (Lipinski definition) is 4. The third kappa shape index (κ3) is 2.57. The third-order valence-corrected chi connectivity index (χ3v) is 2.36. The summed E-state index contributed by atoms with van der Waals surface area (Å²) in [4.78, 5) is 15.1. The smallest absolute Gasteiger partial charge is 0.338 e. The zero-order valence-corrected chi connectivity index (χ0v) is 10.6. The summed E-state index contributed by atoms with van der Waals surface area (Å²) >= 11 is 1.80. The normalized spacial score (nSPS) is 10.4. The standard InChI is InChI=1S/C9H8F2INO3/c1-15-8-6(7(10)11)4(9(14)16-2)3-5(12)13-8/h3,7H,1-2H3. The lowest BCUT2D eigenvalue weighted by molar-refractivity contribution is 0.0587. The van der Waals surface area contributed by atoms with Crippen LogP contribution in [0.15, 0.2) is 6.07 Å². The summed E-state index contributed by atoms with van der Waals surface area (Å²) in [5.74, 6) is -1.10. The maximum absolute atomic E-state index is 12.8. The predicted octanol–water partition coefficient (Wildman–Crippen LogP) is 2.42. The molecule has 0 atom stereocenters. The van der Waals surface area contributed by atoms with Crippen LogP contribution in [-0.4, -0.2) is 25.2 Å². The number of nitrogens with zero attached hydrogens (tertiary/aromatic N) is 1. The van der Waals surface area contributed by atoms with Crippen molar-refractivity contribution in [3.63, 3.8) is 0 Å².